The van der Waals surface area contributed by atoms with Crippen molar-refractivity contribution in [3.8, 4) is 5.95 Å². The van der Waals surface area contributed by atoms with Gasteiger partial charge in [0.2, 0.25) is 11.9 Å². The molecule has 0 aliphatic heterocycles. The highest BCUT2D eigenvalue weighted by Gasteiger charge is 2.35. The third-order valence-electron chi connectivity index (χ3n) is 3.23. The number of hydrogen-bond acceptors (Lipinski definition) is 7. The van der Waals surface area contributed by atoms with Gasteiger partial charge in [-0.05, 0) is 12.3 Å². The average molecular weight is 260 g/mol. The first-order chi connectivity index (χ1) is 9.30. The van der Waals surface area contributed by atoms with Crippen molar-refractivity contribution in [2.24, 2.45) is 5.92 Å². The van der Waals surface area contributed by atoms with E-state index in [1.807, 2.05) is 0 Å². The van der Waals surface area contributed by atoms with Crippen molar-refractivity contribution in [2.75, 3.05) is 17.7 Å². The topological polar surface area (TPSA) is 93.4 Å². The summed E-state index contributed by atoms with van der Waals surface area (Å²) in [4.78, 5) is 16.8. The number of aromatic nitrogens is 6. The summed E-state index contributed by atoms with van der Waals surface area (Å²) in [5.41, 5.74) is 0. The van der Waals surface area contributed by atoms with Crippen molar-refractivity contribution in [1.29, 1.82) is 0 Å². The smallest absolute Gasteiger partial charge is 0.258 e. The minimum atomic E-state index is 0.452. The molecule has 0 spiro atoms. The third-order valence-corrected chi connectivity index (χ3v) is 3.23. The number of nitrogens with zero attached hydrogens (tertiary/aromatic N) is 6. The minimum Gasteiger partial charge on any atom is -0.357 e. The average Bonchev–Trinajstić information content (AvgIpc) is 2.96. The van der Waals surface area contributed by atoms with Crippen LogP contribution in [0.3, 0.4) is 0 Å². The van der Waals surface area contributed by atoms with Crippen LogP contribution in [0.5, 0.6) is 0 Å². The molecule has 1 fully saturated rings. The molecule has 2 aromatic heterocycles. The normalized spacial score (nSPS) is 21.2. The van der Waals surface area contributed by atoms with Crippen LogP contribution >= 0.6 is 0 Å². The molecule has 1 aliphatic rings. The van der Waals surface area contributed by atoms with Crippen LogP contribution in [0.15, 0.2) is 12.7 Å². The van der Waals surface area contributed by atoms with Gasteiger partial charge in [0, 0.05) is 13.1 Å². The Bertz CT molecular complexity index is 552. The van der Waals surface area contributed by atoms with Crippen LogP contribution in [0.25, 0.3) is 5.95 Å². The van der Waals surface area contributed by atoms with Gasteiger partial charge < -0.3 is 10.6 Å². The molecule has 0 aromatic carbocycles. The summed E-state index contributed by atoms with van der Waals surface area (Å²) < 4.78 is 1.51. The van der Waals surface area contributed by atoms with Crippen molar-refractivity contribution >= 4 is 11.9 Å². The molecule has 1 aliphatic carbocycles. The van der Waals surface area contributed by atoms with Gasteiger partial charge in [0.25, 0.3) is 5.95 Å². The lowest BCUT2D eigenvalue weighted by Crippen LogP contribution is -2.13. The van der Waals surface area contributed by atoms with E-state index in [0.29, 0.717) is 23.9 Å². The van der Waals surface area contributed by atoms with Crippen LogP contribution in [0.2, 0.25) is 0 Å². The summed E-state index contributed by atoms with van der Waals surface area (Å²) in [5, 5.41) is 10.3. The zero-order valence-corrected chi connectivity index (χ0v) is 10.9. The number of hydrogen-bond donors (Lipinski definition) is 2. The van der Waals surface area contributed by atoms with Gasteiger partial charge in [-0.1, -0.05) is 13.3 Å². The van der Waals surface area contributed by atoms with E-state index >= 15 is 0 Å². The van der Waals surface area contributed by atoms with Gasteiger partial charge >= 0.3 is 0 Å². The molecular weight excluding hydrogens is 244 g/mol. The van der Waals surface area contributed by atoms with Gasteiger partial charge in [0.05, 0.1) is 0 Å². The fraction of sp³-hybridized carbons (Fsp3) is 0.545. The predicted molar refractivity (Wildman–Crippen MR) is 70.1 cm³/mol. The van der Waals surface area contributed by atoms with E-state index in [4.69, 9.17) is 0 Å². The molecule has 100 valence electrons. The monoisotopic (exact) mass is 260 g/mol. The molecule has 2 atom stereocenters. The van der Waals surface area contributed by atoms with Crippen LogP contribution in [0, 0.1) is 5.92 Å². The van der Waals surface area contributed by atoms with Crippen molar-refractivity contribution in [1.82, 2.24) is 29.7 Å². The van der Waals surface area contributed by atoms with Crippen LogP contribution in [-0.2, 0) is 0 Å². The van der Waals surface area contributed by atoms with E-state index in [9.17, 15) is 0 Å². The maximum atomic E-state index is 4.36. The maximum Gasteiger partial charge on any atom is 0.258 e. The Morgan fingerprint density at radius 2 is 2.16 bits per heavy atom. The molecule has 1 saturated carbocycles. The Labute approximate surface area is 110 Å². The highest BCUT2D eigenvalue weighted by Crippen LogP contribution is 2.35. The summed E-state index contributed by atoms with van der Waals surface area (Å²) in [6.45, 7) is 2.19. The first kappa shape index (κ1) is 11.8. The fourth-order valence-corrected chi connectivity index (χ4v) is 2.00. The van der Waals surface area contributed by atoms with E-state index in [0.717, 1.165) is 5.92 Å². The molecule has 8 heteroatoms. The standard InChI is InChI=1S/C11H16N8/c1-3-7-4-8(7)15-10-16-9(12-2)17-11(18-10)19-6-13-5-14-19/h5-8H,3-4H2,1-2H3,(H2,12,15,16,17,18). The Hall–Kier alpha value is -2.25. The second kappa shape index (κ2) is 4.79. The summed E-state index contributed by atoms with van der Waals surface area (Å²) in [6, 6.07) is 0.473. The molecule has 2 heterocycles. The highest BCUT2D eigenvalue weighted by molar-refractivity contribution is 5.39. The van der Waals surface area contributed by atoms with Gasteiger partial charge in [0.1, 0.15) is 12.7 Å². The van der Waals surface area contributed by atoms with E-state index in [-0.39, 0.29) is 0 Å². The lowest BCUT2D eigenvalue weighted by atomic mass is 10.3. The maximum absolute atomic E-state index is 4.36. The minimum absolute atomic E-state index is 0.452. The summed E-state index contributed by atoms with van der Waals surface area (Å²) in [6.07, 6.45) is 5.36. The highest BCUT2D eigenvalue weighted by atomic mass is 15.4. The molecule has 0 amide bonds. The van der Waals surface area contributed by atoms with Gasteiger partial charge in [-0.2, -0.15) is 24.7 Å². The first-order valence-corrected chi connectivity index (χ1v) is 6.35. The Balaban J connectivity index is 1.85. The van der Waals surface area contributed by atoms with Crippen LogP contribution < -0.4 is 10.6 Å². The number of rotatable bonds is 5. The van der Waals surface area contributed by atoms with Crippen LogP contribution in [-0.4, -0.2) is 42.8 Å². The quantitative estimate of drug-likeness (QED) is 0.817. The predicted octanol–water partition coefficient (Wildman–Crippen LogP) is 0.704. The molecule has 0 saturated heterocycles. The number of nitrogens with one attached hydrogen (secondary N) is 2. The fourth-order valence-electron chi connectivity index (χ4n) is 2.00. The Kier molecular flexibility index (Phi) is 2.98. The molecule has 0 radical (unpaired) electrons. The Morgan fingerprint density at radius 1 is 1.32 bits per heavy atom. The molecule has 2 N–H and O–H groups in total. The molecule has 2 unspecified atom stereocenters. The second-order valence-electron chi connectivity index (χ2n) is 4.53. The summed E-state index contributed by atoms with van der Waals surface area (Å²) in [5.74, 6) is 2.26. The molecule has 19 heavy (non-hydrogen) atoms. The van der Waals surface area contributed by atoms with Crippen LogP contribution in [0.1, 0.15) is 19.8 Å². The molecule has 0 bridgehead atoms. The van der Waals surface area contributed by atoms with E-state index < -0.39 is 0 Å². The second-order valence-corrected chi connectivity index (χ2v) is 4.53. The molecule has 3 rings (SSSR count). The van der Waals surface area contributed by atoms with E-state index in [1.54, 1.807) is 13.4 Å². The lowest BCUT2D eigenvalue weighted by Gasteiger charge is -2.07. The SMILES string of the molecule is CCC1CC1Nc1nc(NC)nc(-n2cncn2)n1. The van der Waals surface area contributed by atoms with Gasteiger partial charge in [-0.3, -0.25) is 0 Å². The zero-order valence-electron chi connectivity index (χ0n) is 10.9. The van der Waals surface area contributed by atoms with Crippen molar-refractivity contribution < 1.29 is 0 Å². The van der Waals surface area contributed by atoms with E-state index in [1.165, 1.54) is 23.9 Å². The lowest BCUT2D eigenvalue weighted by molar-refractivity contribution is 0.764. The first-order valence-electron chi connectivity index (χ1n) is 6.35. The van der Waals surface area contributed by atoms with Crippen LogP contribution in [0.4, 0.5) is 11.9 Å². The van der Waals surface area contributed by atoms with Crippen molar-refractivity contribution in [3.05, 3.63) is 12.7 Å². The summed E-state index contributed by atoms with van der Waals surface area (Å²) >= 11 is 0. The van der Waals surface area contributed by atoms with E-state index in [2.05, 4.69) is 42.6 Å². The van der Waals surface area contributed by atoms with Gasteiger partial charge in [-0.15, -0.1) is 0 Å². The van der Waals surface area contributed by atoms with Crippen molar-refractivity contribution in [2.45, 2.75) is 25.8 Å². The zero-order chi connectivity index (χ0) is 13.2. The molecule has 2 aromatic rings. The molecular formula is C11H16N8. The Morgan fingerprint density at radius 3 is 2.79 bits per heavy atom. The van der Waals surface area contributed by atoms with Crippen molar-refractivity contribution in [3.63, 3.8) is 0 Å². The van der Waals surface area contributed by atoms with Gasteiger partial charge in [-0.25, -0.2) is 4.98 Å². The van der Waals surface area contributed by atoms with Gasteiger partial charge in [0.15, 0.2) is 0 Å². The molecule has 8 nitrogen and oxygen atoms in total. The largest absolute Gasteiger partial charge is 0.357 e. The summed E-state index contributed by atoms with van der Waals surface area (Å²) in [7, 11) is 1.77. The number of anilines is 2. The third kappa shape index (κ3) is 2.47.